The van der Waals surface area contributed by atoms with Gasteiger partial charge in [0.2, 0.25) is 0 Å². The lowest BCUT2D eigenvalue weighted by atomic mass is 10.3. The van der Waals surface area contributed by atoms with E-state index in [1.807, 2.05) is 13.0 Å². The quantitative estimate of drug-likeness (QED) is 0.911. The second-order valence-corrected chi connectivity index (χ2v) is 4.76. The smallest absolute Gasteiger partial charge is 0.349 e. The summed E-state index contributed by atoms with van der Waals surface area (Å²) in [5.74, 6) is 0.0782. The molecule has 0 bridgehead atoms. The van der Waals surface area contributed by atoms with Crippen LogP contribution in [0.15, 0.2) is 23.6 Å². The van der Waals surface area contributed by atoms with Gasteiger partial charge in [-0.15, -0.1) is 11.3 Å². The summed E-state index contributed by atoms with van der Waals surface area (Å²) in [5, 5.41) is 10.7. The number of pyridine rings is 1. The maximum absolute atomic E-state index is 10.9. The predicted octanol–water partition coefficient (Wildman–Crippen LogP) is 2.74. The van der Waals surface area contributed by atoms with Crippen LogP contribution in [0.25, 0.3) is 0 Å². The number of carboxylic acid groups (broad SMARTS) is 1. The number of methoxy groups -OCH3 is 1. The summed E-state index contributed by atoms with van der Waals surface area (Å²) in [6.45, 7) is 2.06. The van der Waals surface area contributed by atoms with Gasteiger partial charge in [-0.3, -0.25) is 4.98 Å². The fraction of sp³-hybridized carbons (Fsp3) is 0.231. The van der Waals surface area contributed by atoms with Crippen LogP contribution in [0.1, 0.15) is 21.1 Å². The van der Waals surface area contributed by atoms with Crippen LogP contribution in [-0.2, 0) is 6.61 Å². The van der Waals surface area contributed by atoms with Gasteiger partial charge < -0.3 is 14.6 Å². The van der Waals surface area contributed by atoms with E-state index in [4.69, 9.17) is 14.6 Å². The minimum atomic E-state index is -0.986. The number of aromatic nitrogens is 1. The molecule has 5 nitrogen and oxygen atoms in total. The van der Waals surface area contributed by atoms with Crippen LogP contribution in [0.4, 0.5) is 0 Å². The Labute approximate surface area is 114 Å². The third-order valence-electron chi connectivity index (χ3n) is 2.41. The Morgan fingerprint density at radius 3 is 2.95 bits per heavy atom. The van der Waals surface area contributed by atoms with Crippen LogP contribution >= 0.6 is 11.3 Å². The number of carboxylic acids is 1. The Balaban J connectivity index is 2.12. The minimum absolute atomic E-state index is 0.194. The van der Waals surface area contributed by atoms with Crippen molar-refractivity contribution in [2.75, 3.05) is 7.11 Å². The van der Waals surface area contributed by atoms with Crippen molar-refractivity contribution >= 4 is 17.3 Å². The van der Waals surface area contributed by atoms with Gasteiger partial charge in [-0.05, 0) is 18.4 Å². The number of hydrogen-bond acceptors (Lipinski definition) is 5. The molecule has 0 radical (unpaired) electrons. The third kappa shape index (κ3) is 3.23. The lowest BCUT2D eigenvalue weighted by Gasteiger charge is -2.07. The van der Waals surface area contributed by atoms with Gasteiger partial charge in [0.15, 0.2) is 4.88 Å². The largest absolute Gasteiger partial charge is 0.497 e. The molecule has 0 fully saturated rings. The van der Waals surface area contributed by atoms with E-state index in [-0.39, 0.29) is 11.5 Å². The molecule has 0 spiro atoms. The summed E-state index contributed by atoms with van der Waals surface area (Å²) < 4.78 is 10.6. The molecule has 0 unspecified atom stereocenters. The lowest BCUT2D eigenvalue weighted by molar-refractivity contribution is 0.0697. The highest BCUT2D eigenvalue weighted by molar-refractivity contribution is 7.12. The number of hydrogen-bond donors (Lipinski definition) is 1. The van der Waals surface area contributed by atoms with Crippen molar-refractivity contribution in [3.8, 4) is 11.5 Å². The van der Waals surface area contributed by atoms with Crippen LogP contribution < -0.4 is 9.47 Å². The molecule has 0 saturated heterocycles. The van der Waals surface area contributed by atoms with Gasteiger partial charge in [0.05, 0.1) is 12.8 Å². The van der Waals surface area contributed by atoms with E-state index in [0.29, 0.717) is 17.2 Å². The second kappa shape index (κ2) is 5.71. The van der Waals surface area contributed by atoms with E-state index in [0.717, 1.165) is 17.0 Å². The summed E-state index contributed by atoms with van der Waals surface area (Å²) in [5.41, 5.74) is 1.51. The van der Waals surface area contributed by atoms with Crippen LogP contribution in [-0.4, -0.2) is 23.2 Å². The third-order valence-corrected chi connectivity index (χ3v) is 3.30. The molecule has 100 valence electrons. The first-order chi connectivity index (χ1) is 9.10. The number of aryl methyl sites for hydroxylation is 1. The van der Waals surface area contributed by atoms with Crippen LogP contribution in [0.2, 0.25) is 0 Å². The zero-order chi connectivity index (χ0) is 13.8. The molecule has 2 aromatic rings. The van der Waals surface area contributed by atoms with Gasteiger partial charge in [0, 0.05) is 17.8 Å². The molecule has 0 aliphatic rings. The van der Waals surface area contributed by atoms with Crippen molar-refractivity contribution in [3.63, 3.8) is 0 Å². The van der Waals surface area contributed by atoms with Crippen molar-refractivity contribution in [1.29, 1.82) is 0 Å². The number of rotatable bonds is 5. The van der Waals surface area contributed by atoms with Crippen LogP contribution in [0.3, 0.4) is 0 Å². The topological polar surface area (TPSA) is 68.7 Å². The number of nitrogens with zero attached hydrogens (tertiary/aromatic N) is 1. The summed E-state index contributed by atoms with van der Waals surface area (Å²) in [4.78, 5) is 15.4. The zero-order valence-corrected chi connectivity index (χ0v) is 11.4. The molecule has 2 rings (SSSR count). The fourth-order valence-corrected chi connectivity index (χ4v) is 2.29. The summed E-state index contributed by atoms with van der Waals surface area (Å²) in [6, 6.07) is 5.22. The molecule has 0 saturated carbocycles. The average Bonchev–Trinajstić information content (AvgIpc) is 2.84. The first kappa shape index (κ1) is 13.4. The Hall–Kier alpha value is -2.08. The van der Waals surface area contributed by atoms with Gasteiger partial charge in [-0.25, -0.2) is 4.79 Å². The second-order valence-electron chi connectivity index (χ2n) is 3.85. The molecule has 0 aromatic carbocycles. The van der Waals surface area contributed by atoms with E-state index in [9.17, 15) is 4.79 Å². The molecule has 0 amide bonds. The molecule has 2 heterocycles. The monoisotopic (exact) mass is 279 g/mol. The Morgan fingerprint density at radius 2 is 2.26 bits per heavy atom. The number of aromatic carboxylic acids is 1. The van der Waals surface area contributed by atoms with E-state index < -0.39 is 5.97 Å². The van der Waals surface area contributed by atoms with Gasteiger partial charge >= 0.3 is 5.97 Å². The Kier molecular flexibility index (Phi) is 4.01. The lowest BCUT2D eigenvalue weighted by Crippen LogP contribution is -2.03. The SMILES string of the molecule is COc1cc(C)nc(COc2ccsc2C(=O)O)c1. The van der Waals surface area contributed by atoms with E-state index in [1.54, 1.807) is 24.6 Å². The number of carbonyl (C=O) groups is 1. The first-order valence-electron chi connectivity index (χ1n) is 5.55. The molecule has 19 heavy (non-hydrogen) atoms. The predicted molar refractivity (Wildman–Crippen MR) is 71.1 cm³/mol. The summed E-state index contributed by atoms with van der Waals surface area (Å²) in [6.07, 6.45) is 0. The Morgan fingerprint density at radius 1 is 1.47 bits per heavy atom. The highest BCUT2D eigenvalue weighted by Crippen LogP contribution is 2.25. The average molecular weight is 279 g/mol. The molecule has 0 atom stereocenters. The molecular weight excluding hydrogens is 266 g/mol. The molecule has 1 N–H and O–H groups in total. The van der Waals surface area contributed by atoms with Crippen molar-refractivity contribution in [2.45, 2.75) is 13.5 Å². The number of ether oxygens (including phenoxy) is 2. The van der Waals surface area contributed by atoms with E-state index in [1.165, 1.54) is 0 Å². The van der Waals surface area contributed by atoms with Crippen molar-refractivity contribution < 1.29 is 19.4 Å². The van der Waals surface area contributed by atoms with Gasteiger partial charge in [0.1, 0.15) is 18.1 Å². The molecule has 2 aromatic heterocycles. The fourth-order valence-electron chi connectivity index (χ4n) is 1.61. The van der Waals surface area contributed by atoms with Crippen molar-refractivity contribution in [1.82, 2.24) is 4.98 Å². The normalized spacial score (nSPS) is 10.2. The van der Waals surface area contributed by atoms with Crippen molar-refractivity contribution in [2.24, 2.45) is 0 Å². The van der Waals surface area contributed by atoms with Gasteiger partial charge in [0.25, 0.3) is 0 Å². The first-order valence-corrected chi connectivity index (χ1v) is 6.43. The van der Waals surface area contributed by atoms with Gasteiger partial charge in [-0.2, -0.15) is 0 Å². The highest BCUT2D eigenvalue weighted by atomic mass is 32.1. The zero-order valence-electron chi connectivity index (χ0n) is 10.5. The van der Waals surface area contributed by atoms with Crippen LogP contribution in [0.5, 0.6) is 11.5 Å². The summed E-state index contributed by atoms with van der Waals surface area (Å²) in [7, 11) is 1.58. The van der Waals surface area contributed by atoms with Crippen LogP contribution in [0, 0.1) is 6.92 Å². The van der Waals surface area contributed by atoms with Crippen molar-refractivity contribution in [3.05, 3.63) is 39.8 Å². The van der Waals surface area contributed by atoms with E-state index in [2.05, 4.69) is 4.98 Å². The molecule has 0 aliphatic carbocycles. The summed E-state index contributed by atoms with van der Waals surface area (Å²) >= 11 is 1.13. The highest BCUT2D eigenvalue weighted by Gasteiger charge is 2.13. The Bertz CT molecular complexity index is 594. The standard InChI is InChI=1S/C13H13NO4S/c1-8-5-10(17-2)6-9(14-8)7-18-11-3-4-19-12(11)13(15)16/h3-6H,7H2,1-2H3,(H,15,16). The molecule has 6 heteroatoms. The molecular formula is C13H13NO4S. The van der Waals surface area contributed by atoms with E-state index >= 15 is 0 Å². The maximum Gasteiger partial charge on any atom is 0.349 e. The molecule has 0 aliphatic heterocycles. The number of thiophene rings is 1. The maximum atomic E-state index is 10.9. The minimum Gasteiger partial charge on any atom is -0.497 e. The van der Waals surface area contributed by atoms with Gasteiger partial charge in [-0.1, -0.05) is 0 Å².